The zero-order valence-corrected chi connectivity index (χ0v) is 15.4. The van der Waals surface area contributed by atoms with Gasteiger partial charge in [0.1, 0.15) is 0 Å². The monoisotopic (exact) mass is 329 g/mol. The van der Waals surface area contributed by atoms with Gasteiger partial charge in [-0.1, -0.05) is 82.7 Å². The molecule has 122 valence electrons. The topological polar surface area (TPSA) is 12.0 Å². The van der Waals surface area contributed by atoms with E-state index >= 15 is 0 Å². The highest BCUT2D eigenvalue weighted by Crippen LogP contribution is 2.29. The van der Waals surface area contributed by atoms with Crippen LogP contribution in [0.5, 0.6) is 0 Å². The average Bonchev–Trinajstić information content (AvgIpc) is 2.91. The number of halogens is 1. The zero-order valence-electron chi connectivity index (χ0n) is 13.8. The summed E-state index contributed by atoms with van der Waals surface area (Å²) in [4.78, 5) is 1.37. The van der Waals surface area contributed by atoms with Crippen LogP contribution in [0.15, 0.2) is 12.1 Å². The van der Waals surface area contributed by atoms with Gasteiger partial charge in [-0.25, -0.2) is 0 Å². The van der Waals surface area contributed by atoms with E-state index < -0.39 is 0 Å². The molecule has 3 heteroatoms. The Balaban J connectivity index is 1.98. The van der Waals surface area contributed by atoms with E-state index in [0.29, 0.717) is 6.04 Å². The standard InChI is InChI=1S/C18H32ClNS/c1-3-4-5-6-7-8-9-10-11-12-13-16(20-2)17-14-15-18(19)21-17/h14-16,20H,3-13H2,1-2H3. The second-order valence-electron chi connectivity index (χ2n) is 5.95. The Bertz CT molecular complexity index is 351. The molecule has 21 heavy (non-hydrogen) atoms. The maximum Gasteiger partial charge on any atom is 0.0931 e. The van der Waals surface area contributed by atoms with Crippen molar-refractivity contribution >= 4 is 22.9 Å². The van der Waals surface area contributed by atoms with Gasteiger partial charge in [0.25, 0.3) is 0 Å². The number of hydrogen-bond acceptors (Lipinski definition) is 2. The molecule has 0 aliphatic heterocycles. The van der Waals surface area contributed by atoms with Crippen LogP contribution in [0.25, 0.3) is 0 Å². The van der Waals surface area contributed by atoms with Crippen LogP contribution >= 0.6 is 22.9 Å². The summed E-state index contributed by atoms with van der Waals surface area (Å²) < 4.78 is 0.897. The van der Waals surface area contributed by atoms with Crippen molar-refractivity contribution in [1.29, 1.82) is 0 Å². The molecule has 0 aliphatic rings. The van der Waals surface area contributed by atoms with Crippen LogP contribution in [-0.2, 0) is 0 Å². The quantitative estimate of drug-likeness (QED) is 0.385. The molecule has 1 atom stereocenters. The molecule has 0 bridgehead atoms. The van der Waals surface area contributed by atoms with Gasteiger partial charge >= 0.3 is 0 Å². The summed E-state index contributed by atoms with van der Waals surface area (Å²) in [6, 6.07) is 4.64. The van der Waals surface area contributed by atoms with Crippen molar-refractivity contribution in [3.63, 3.8) is 0 Å². The van der Waals surface area contributed by atoms with Crippen molar-refractivity contribution in [2.75, 3.05) is 7.05 Å². The Morgan fingerprint density at radius 1 is 0.952 bits per heavy atom. The van der Waals surface area contributed by atoms with Gasteiger partial charge in [-0.15, -0.1) is 11.3 Å². The van der Waals surface area contributed by atoms with E-state index in [0.717, 1.165) is 4.34 Å². The van der Waals surface area contributed by atoms with Gasteiger partial charge in [0, 0.05) is 10.9 Å². The molecule has 0 amide bonds. The summed E-state index contributed by atoms with van der Waals surface area (Å²) >= 11 is 7.72. The SMILES string of the molecule is CCCCCCCCCCCCC(NC)c1ccc(Cl)s1. The molecule has 1 unspecified atom stereocenters. The number of nitrogens with one attached hydrogen (secondary N) is 1. The lowest BCUT2D eigenvalue weighted by Crippen LogP contribution is -2.14. The first-order chi connectivity index (χ1) is 10.3. The average molecular weight is 330 g/mol. The van der Waals surface area contributed by atoms with Crippen molar-refractivity contribution in [2.45, 2.75) is 83.6 Å². The van der Waals surface area contributed by atoms with Gasteiger partial charge in [0.05, 0.1) is 4.34 Å². The maximum absolute atomic E-state index is 6.02. The van der Waals surface area contributed by atoms with E-state index in [4.69, 9.17) is 11.6 Å². The Morgan fingerprint density at radius 3 is 2.00 bits per heavy atom. The van der Waals surface area contributed by atoms with Crippen LogP contribution in [0.2, 0.25) is 4.34 Å². The Hall–Kier alpha value is -0.0500. The Labute approximate surface area is 140 Å². The third-order valence-electron chi connectivity index (χ3n) is 4.13. The van der Waals surface area contributed by atoms with E-state index in [9.17, 15) is 0 Å². The fraction of sp³-hybridized carbons (Fsp3) is 0.778. The molecular formula is C18H32ClNS. The summed E-state index contributed by atoms with van der Waals surface area (Å²) in [5.41, 5.74) is 0. The maximum atomic E-state index is 6.02. The fourth-order valence-corrected chi connectivity index (χ4v) is 3.99. The van der Waals surface area contributed by atoms with Crippen molar-refractivity contribution in [3.05, 3.63) is 21.3 Å². The summed E-state index contributed by atoms with van der Waals surface area (Å²) in [7, 11) is 2.05. The van der Waals surface area contributed by atoms with Crippen LogP contribution in [0.3, 0.4) is 0 Å². The van der Waals surface area contributed by atoms with E-state index in [-0.39, 0.29) is 0 Å². The second-order valence-corrected chi connectivity index (χ2v) is 7.70. The highest BCUT2D eigenvalue weighted by atomic mass is 35.5. The molecule has 0 saturated carbocycles. The number of thiophene rings is 1. The number of unbranched alkanes of at least 4 members (excludes halogenated alkanes) is 9. The largest absolute Gasteiger partial charge is 0.312 e. The van der Waals surface area contributed by atoms with Gasteiger partial charge in [0.2, 0.25) is 0 Å². The van der Waals surface area contributed by atoms with Crippen LogP contribution in [-0.4, -0.2) is 7.05 Å². The fourth-order valence-electron chi connectivity index (χ4n) is 2.78. The third kappa shape index (κ3) is 8.85. The normalized spacial score (nSPS) is 12.7. The second kappa shape index (κ2) is 12.5. The predicted octanol–water partition coefficient (Wildman–Crippen LogP) is 6.97. The molecule has 1 nitrogen and oxygen atoms in total. The summed E-state index contributed by atoms with van der Waals surface area (Å²) in [6.07, 6.45) is 15.2. The van der Waals surface area contributed by atoms with E-state index in [2.05, 4.69) is 25.4 Å². The molecule has 1 N–H and O–H groups in total. The van der Waals surface area contributed by atoms with Crippen molar-refractivity contribution < 1.29 is 0 Å². The van der Waals surface area contributed by atoms with Gasteiger partial charge < -0.3 is 5.32 Å². The van der Waals surface area contributed by atoms with Crippen molar-refractivity contribution in [1.82, 2.24) is 5.32 Å². The minimum Gasteiger partial charge on any atom is -0.312 e. The van der Waals surface area contributed by atoms with E-state index in [1.54, 1.807) is 11.3 Å². The first-order valence-electron chi connectivity index (χ1n) is 8.70. The van der Waals surface area contributed by atoms with Crippen LogP contribution < -0.4 is 5.32 Å². The molecular weight excluding hydrogens is 298 g/mol. The van der Waals surface area contributed by atoms with Gasteiger partial charge in [-0.3, -0.25) is 0 Å². The summed E-state index contributed by atoms with van der Waals surface area (Å²) in [5, 5.41) is 3.41. The molecule has 1 aromatic rings. The van der Waals surface area contributed by atoms with Gasteiger partial charge in [0.15, 0.2) is 0 Å². The molecule has 0 aliphatic carbocycles. The van der Waals surface area contributed by atoms with Gasteiger partial charge in [-0.05, 0) is 25.6 Å². The smallest absolute Gasteiger partial charge is 0.0931 e. The molecule has 1 rings (SSSR count). The summed E-state index contributed by atoms with van der Waals surface area (Å²) in [5.74, 6) is 0. The van der Waals surface area contributed by atoms with Crippen LogP contribution in [0, 0.1) is 0 Å². The van der Waals surface area contributed by atoms with Crippen LogP contribution in [0.1, 0.15) is 88.5 Å². The molecule has 0 saturated heterocycles. The lowest BCUT2D eigenvalue weighted by Gasteiger charge is -2.14. The number of hydrogen-bond donors (Lipinski definition) is 1. The van der Waals surface area contributed by atoms with Gasteiger partial charge in [-0.2, -0.15) is 0 Å². The van der Waals surface area contributed by atoms with Crippen LogP contribution in [0.4, 0.5) is 0 Å². The highest BCUT2D eigenvalue weighted by Gasteiger charge is 2.10. The first kappa shape index (κ1) is 19.0. The molecule has 1 heterocycles. The molecule has 0 fully saturated rings. The minimum atomic E-state index is 0.483. The Kier molecular flexibility index (Phi) is 11.3. The molecule has 1 aromatic heterocycles. The minimum absolute atomic E-state index is 0.483. The zero-order chi connectivity index (χ0) is 15.3. The molecule has 0 radical (unpaired) electrons. The molecule has 0 aromatic carbocycles. The first-order valence-corrected chi connectivity index (χ1v) is 9.90. The van der Waals surface area contributed by atoms with E-state index in [1.807, 2.05) is 6.07 Å². The summed E-state index contributed by atoms with van der Waals surface area (Å²) in [6.45, 7) is 2.28. The lowest BCUT2D eigenvalue weighted by molar-refractivity contribution is 0.497. The third-order valence-corrected chi connectivity index (χ3v) is 5.48. The Morgan fingerprint density at radius 2 is 1.52 bits per heavy atom. The lowest BCUT2D eigenvalue weighted by atomic mass is 10.0. The molecule has 0 spiro atoms. The predicted molar refractivity (Wildman–Crippen MR) is 97.6 cm³/mol. The van der Waals surface area contributed by atoms with Crippen molar-refractivity contribution in [3.8, 4) is 0 Å². The van der Waals surface area contributed by atoms with E-state index in [1.165, 1.54) is 75.5 Å². The highest BCUT2D eigenvalue weighted by molar-refractivity contribution is 7.16. The van der Waals surface area contributed by atoms with Crippen molar-refractivity contribution in [2.24, 2.45) is 0 Å². The number of rotatable bonds is 13.